The Bertz CT molecular complexity index is 766. The molecule has 144 valence electrons. The van der Waals surface area contributed by atoms with E-state index < -0.39 is 10.2 Å². The van der Waals surface area contributed by atoms with Crippen molar-refractivity contribution >= 4 is 33.5 Å². The van der Waals surface area contributed by atoms with Crippen LogP contribution in [0.25, 0.3) is 0 Å². The van der Waals surface area contributed by atoms with E-state index in [4.69, 9.17) is 0 Å². The maximum atomic E-state index is 12.5. The monoisotopic (exact) mass is 383 g/mol. The van der Waals surface area contributed by atoms with Gasteiger partial charge in [0.2, 0.25) is 5.91 Å². The molecule has 0 aromatic heterocycles. The first-order chi connectivity index (χ1) is 12.2. The Morgan fingerprint density at radius 2 is 1.65 bits per heavy atom. The molecule has 9 nitrogen and oxygen atoms in total. The van der Waals surface area contributed by atoms with Gasteiger partial charge in [0.1, 0.15) is 0 Å². The number of nitrogens with zero attached hydrogens (tertiary/aromatic N) is 3. The lowest BCUT2D eigenvalue weighted by Crippen LogP contribution is -2.38. The van der Waals surface area contributed by atoms with Crippen LogP contribution in [0.1, 0.15) is 13.3 Å². The smallest absolute Gasteiger partial charge is 0.321 e. The summed E-state index contributed by atoms with van der Waals surface area (Å²) in [5, 5.41) is 2.77. The Hall–Kier alpha value is -2.33. The number of amides is 3. The number of benzene rings is 1. The standard InChI is InChI=1S/C16H25N5O4S/c1-13(22)20-8-5-9-21(11-10-20)16(23)17-14-6-4-7-15(12-14)18-26(24,25)19(2)3/h4,6-7,12,18H,5,8-11H2,1-3H3,(H,17,23). The van der Waals surface area contributed by atoms with Gasteiger partial charge in [0.25, 0.3) is 0 Å². The predicted octanol–water partition coefficient (Wildman–Crippen LogP) is 0.991. The molecule has 1 saturated heterocycles. The molecule has 0 aliphatic carbocycles. The molecule has 1 aromatic carbocycles. The molecule has 0 unspecified atom stereocenters. The Labute approximate surface area is 154 Å². The van der Waals surface area contributed by atoms with Gasteiger partial charge in [-0.1, -0.05) is 6.07 Å². The molecule has 1 heterocycles. The molecule has 2 rings (SSSR count). The summed E-state index contributed by atoms with van der Waals surface area (Å²) in [5.74, 6) is 0.00753. The van der Waals surface area contributed by atoms with Gasteiger partial charge in [-0.05, 0) is 24.6 Å². The Morgan fingerprint density at radius 1 is 1.04 bits per heavy atom. The molecular formula is C16H25N5O4S. The van der Waals surface area contributed by atoms with Gasteiger partial charge in [0, 0.05) is 52.9 Å². The fourth-order valence-electron chi connectivity index (χ4n) is 2.54. The van der Waals surface area contributed by atoms with E-state index in [2.05, 4.69) is 10.0 Å². The molecule has 10 heteroatoms. The zero-order valence-corrected chi connectivity index (χ0v) is 16.0. The highest BCUT2D eigenvalue weighted by molar-refractivity contribution is 7.90. The van der Waals surface area contributed by atoms with Crippen molar-refractivity contribution in [3.63, 3.8) is 0 Å². The number of urea groups is 1. The van der Waals surface area contributed by atoms with Crippen LogP contribution in [-0.4, -0.2) is 74.7 Å². The van der Waals surface area contributed by atoms with Crippen molar-refractivity contribution < 1.29 is 18.0 Å². The van der Waals surface area contributed by atoms with E-state index in [0.717, 1.165) is 10.7 Å². The van der Waals surface area contributed by atoms with E-state index in [1.807, 2.05) is 0 Å². The fourth-order valence-corrected chi connectivity index (χ4v) is 3.15. The summed E-state index contributed by atoms with van der Waals surface area (Å²) in [7, 11) is -0.757. The first kappa shape index (κ1) is 20.0. The number of carbonyl (C=O) groups is 2. The Kier molecular flexibility index (Phi) is 6.43. The second kappa shape index (κ2) is 8.37. The summed E-state index contributed by atoms with van der Waals surface area (Å²) in [6.07, 6.45) is 0.718. The van der Waals surface area contributed by atoms with Crippen molar-refractivity contribution in [1.82, 2.24) is 14.1 Å². The van der Waals surface area contributed by atoms with Crippen LogP contribution in [0, 0.1) is 0 Å². The Balaban J connectivity index is 2.01. The molecule has 0 atom stereocenters. The molecule has 1 aliphatic heterocycles. The van der Waals surface area contributed by atoms with Gasteiger partial charge in [-0.2, -0.15) is 12.7 Å². The molecule has 1 aliphatic rings. The van der Waals surface area contributed by atoms with Gasteiger partial charge in [-0.25, -0.2) is 4.79 Å². The third-order valence-corrected chi connectivity index (χ3v) is 5.52. The van der Waals surface area contributed by atoms with Crippen LogP contribution in [0.15, 0.2) is 24.3 Å². The van der Waals surface area contributed by atoms with E-state index in [1.54, 1.807) is 34.1 Å². The number of anilines is 2. The number of carbonyl (C=O) groups excluding carboxylic acids is 2. The van der Waals surface area contributed by atoms with E-state index >= 15 is 0 Å². The summed E-state index contributed by atoms with van der Waals surface area (Å²) in [6.45, 7) is 3.68. The number of nitrogens with one attached hydrogen (secondary N) is 2. The van der Waals surface area contributed by atoms with Gasteiger partial charge in [-0.3, -0.25) is 9.52 Å². The molecule has 1 fully saturated rings. The van der Waals surface area contributed by atoms with Crippen molar-refractivity contribution in [2.24, 2.45) is 0 Å². The maximum Gasteiger partial charge on any atom is 0.321 e. The zero-order chi connectivity index (χ0) is 19.3. The van der Waals surface area contributed by atoms with Crippen molar-refractivity contribution in [2.45, 2.75) is 13.3 Å². The minimum Gasteiger partial charge on any atom is -0.341 e. The molecule has 0 saturated carbocycles. The highest BCUT2D eigenvalue weighted by atomic mass is 32.2. The third-order valence-electron chi connectivity index (χ3n) is 4.07. The van der Waals surface area contributed by atoms with Crippen LogP contribution >= 0.6 is 0 Å². The lowest BCUT2D eigenvalue weighted by molar-refractivity contribution is -0.128. The maximum absolute atomic E-state index is 12.5. The molecule has 26 heavy (non-hydrogen) atoms. The van der Waals surface area contributed by atoms with Gasteiger partial charge >= 0.3 is 16.2 Å². The average Bonchev–Trinajstić information content (AvgIpc) is 2.80. The summed E-state index contributed by atoms with van der Waals surface area (Å²) in [6, 6.07) is 6.23. The summed E-state index contributed by atoms with van der Waals surface area (Å²) >= 11 is 0. The van der Waals surface area contributed by atoms with E-state index in [0.29, 0.717) is 37.6 Å². The van der Waals surface area contributed by atoms with Crippen molar-refractivity contribution in [3.8, 4) is 0 Å². The number of rotatable bonds is 4. The first-order valence-electron chi connectivity index (χ1n) is 8.31. The first-order valence-corrected chi connectivity index (χ1v) is 9.75. The highest BCUT2D eigenvalue weighted by Gasteiger charge is 2.20. The SMILES string of the molecule is CC(=O)N1CCCN(C(=O)Nc2cccc(NS(=O)(=O)N(C)C)c2)CC1. The van der Waals surface area contributed by atoms with Gasteiger partial charge in [-0.15, -0.1) is 0 Å². The molecule has 1 aromatic rings. The van der Waals surface area contributed by atoms with Crippen LogP contribution in [0.3, 0.4) is 0 Å². The molecule has 2 N–H and O–H groups in total. The molecule has 3 amide bonds. The second-order valence-corrected chi connectivity index (χ2v) is 8.13. The van der Waals surface area contributed by atoms with Gasteiger partial charge in [0.05, 0.1) is 5.69 Å². The normalized spacial score (nSPS) is 15.5. The van der Waals surface area contributed by atoms with E-state index in [9.17, 15) is 18.0 Å². The molecule has 0 spiro atoms. The minimum absolute atomic E-state index is 0.00753. The summed E-state index contributed by atoms with van der Waals surface area (Å²) in [4.78, 5) is 27.3. The number of hydrogen-bond acceptors (Lipinski definition) is 4. The topological polar surface area (TPSA) is 102 Å². The van der Waals surface area contributed by atoms with Crippen molar-refractivity contribution in [2.75, 3.05) is 50.3 Å². The van der Waals surface area contributed by atoms with Crippen LogP contribution in [0.4, 0.5) is 16.2 Å². The highest BCUT2D eigenvalue weighted by Crippen LogP contribution is 2.17. The molecule has 0 radical (unpaired) electrons. The molecular weight excluding hydrogens is 358 g/mol. The fraction of sp³-hybridized carbons (Fsp3) is 0.500. The van der Waals surface area contributed by atoms with E-state index in [1.165, 1.54) is 21.0 Å². The molecule has 0 bridgehead atoms. The van der Waals surface area contributed by atoms with Crippen LogP contribution in [0.2, 0.25) is 0 Å². The van der Waals surface area contributed by atoms with E-state index in [-0.39, 0.29) is 11.9 Å². The summed E-state index contributed by atoms with van der Waals surface area (Å²) in [5.41, 5.74) is 0.844. The lowest BCUT2D eigenvalue weighted by atomic mass is 10.3. The zero-order valence-electron chi connectivity index (χ0n) is 15.2. The lowest BCUT2D eigenvalue weighted by Gasteiger charge is -2.22. The van der Waals surface area contributed by atoms with Crippen LogP contribution < -0.4 is 10.0 Å². The minimum atomic E-state index is -3.61. The third kappa shape index (κ3) is 5.33. The Morgan fingerprint density at radius 3 is 2.31 bits per heavy atom. The largest absolute Gasteiger partial charge is 0.341 e. The quantitative estimate of drug-likeness (QED) is 0.809. The van der Waals surface area contributed by atoms with Crippen molar-refractivity contribution in [3.05, 3.63) is 24.3 Å². The van der Waals surface area contributed by atoms with Crippen LogP contribution in [0.5, 0.6) is 0 Å². The summed E-state index contributed by atoms with van der Waals surface area (Å²) < 4.78 is 27.3. The van der Waals surface area contributed by atoms with Gasteiger partial charge < -0.3 is 15.1 Å². The predicted molar refractivity (Wildman–Crippen MR) is 100 cm³/mol. The van der Waals surface area contributed by atoms with Gasteiger partial charge in [0.15, 0.2) is 0 Å². The van der Waals surface area contributed by atoms with Crippen molar-refractivity contribution in [1.29, 1.82) is 0 Å². The average molecular weight is 383 g/mol. The number of hydrogen-bond donors (Lipinski definition) is 2. The second-order valence-electron chi connectivity index (χ2n) is 6.25. The van der Waals surface area contributed by atoms with Crippen LogP contribution in [-0.2, 0) is 15.0 Å².